The molecule has 0 saturated carbocycles. The summed E-state index contributed by atoms with van der Waals surface area (Å²) in [5, 5.41) is 20.4. The molecule has 0 aromatic rings. The molecule has 0 saturated heterocycles. The van der Waals surface area contributed by atoms with Crippen molar-refractivity contribution in [3.8, 4) is 0 Å². The molecule has 0 bridgehead atoms. The van der Waals surface area contributed by atoms with Crippen molar-refractivity contribution < 1.29 is 34.1 Å². The highest BCUT2D eigenvalue weighted by Crippen LogP contribution is 1.98. The van der Waals surface area contributed by atoms with E-state index in [-0.39, 0.29) is 11.5 Å². The Kier molecular flexibility index (Phi) is 7.75. The van der Waals surface area contributed by atoms with Gasteiger partial charge in [-0.2, -0.15) is 25.3 Å². The lowest BCUT2D eigenvalue weighted by Crippen LogP contribution is -2.47. The summed E-state index contributed by atoms with van der Waals surface area (Å²) in [6.45, 7) is 0. The highest BCUT2D eigenvalue weighted by Gasteiger charge is 2.28. The average molecular weight is 312 g/mol. The van der Waals surface area contributed by atoms with Gasteiger partial charge < -0.3 is 25.6 Å². The molecule has 9 nitrogen and oxygen atoms in total. The number of esters is 2. The van der Waals surface area contributed by atoms with Gasteiger partial charge in [-0.3, -0.25) is 0 Å². The fourth-order valence-electron chi connectivity index (χ4n) is 0.898. The highest BCUT2D eigenvalue weighted by atomic mass is 32.1. The summed E-state index contributed by atoms with van der Waals surface area (Å²) in [6.07, 6.45) is -2.98. The van der Waals surface area contributed by atoms with Gasteiger partial charge in [-0.1, -0.05) is 0 Å². The molecular formula is C8H12N2O7S2. The van der Waals surface area contributed by atoms with Crippen LogP contribution < -0.4 is 10.6 Å². The number of nitrogens with one attached hydrogen (secondary N) is 2. The molecule has 0 spiro atoms. The second-order valence-corrected chi connectivity index (χ2v) is 3.84. The first-order chi connectivity index (χ1) is 8.81. The van der Waals surface area contributed by atoms with E-state index >= 15 is 0 Å². The van der Waals surface area contributed by atoms with E-state index in [1.807, 2.05) is 0 Å². The lowest BCUT2D eigenvalue weighted by atomic mass is 10.3. The molecule has 0 heterocycles. The van der Waals surface area contributed by atoms with Crippen molar-refractivity contribution in [1.82, 2.24) is 10.6 Å². The van der Waals surface area contributed by atoms with Crippen molar-refractivity contribution in [1.29, 1.82) is 0 Å². The molecule has 0 fully saturated rings. The predicted molar refractivity (Wildman–Crippen MR) is 68.7 cm³/mol. The van der Waals surface area contributed by atoms with E-state index in [1.165, 1.54) is 0 Å². The number of hydrogen-bond acceptors (Lipinski definition) is 7. The summed E-state index contributed by atoms with van der Waals surface area (Å²) in [5.41, 5.74) is 0. The molecule has 4 N–H and O–H groups in total. The van der Waals surface area contributed by atoms with Crippen molar-refractivity contribution in [3.05, 3.63) is 0 Å². The van der Waals surface area contributed by atoms with Crippen molar-refractivity contribution >= 4 is 49.4 Å². The van der Waals surface area contributed by atoms with Crippen LogP contribution in [0.1, 0.15) is 0 Å². The van der Waals surface area contributed by atoms with Crippen LogP contribution >= 0.6 is 25.3 Å². The van der Waals surface area contributed by atoms with Gasteiger partial charge in [-0.25, -0.2) is 19.2 Å². The third-order valence-corrected chi connectivity index (χ3v) is 2.46. The Bertz CT molecular complexity index is 342. The predicted octanol–water partition coefficient (Wildman–Crippen LogP) is -0.812. The number of carbonyl (C=O) groups excluding carboxylic acids is 2. The van der Waals surface area contributed by atoms with Crippen LogP contribution in [0, 0.1) is 0 Å². The van der Waals surface area contributed by atoms with Crippen LogP contribution in [0.15, 0.2) is 0 Å². The van der Waals surface area contributed by atoms with Crippen molar-refractivity contribution in [2.24, 2.45) is 0 Å². The maximum Gasteiger partial charge on any atom is 0.405 e. The third kappa shape index (κ3) is 6.76. The fraction of sp³-hybridized carbons (Fsp3) is 0.500. The molecule has 0 aliphatic heterocycles. The Morgan fingerprint density at radius 1 is 0.895 bits per heavy atom. The highest BCUT2D eigenvalue weighted by molar-refractivity contribution is 7.80. The van der Waals surface area contributed by atoms with Crippen molar-refractivity contribution in [3.63, 3.8) is 0 Å². The van der Waals surface area contributed by atoms with Gasteiger partial charge in [0.2, 0.25) is 0 Å². The molecule has 0 radical (unpaired) electrons. The Balaban J connectivity index is 4.55. The average Bonchev–Trinajstić information content (AvgIpc) is 2.31. The summed E-state index contributed by atoms with van der Waals surface area (Å²) in [7, 11) is 0. The van der Waals surface area contributed by atoms with E-state index in [2.05, 4.69) is 30.0 Å². The Hall–Kier alpha value is -1.62. The maximum atomic E-state index is 11.4. The summed E-state index contributed by atoms with van der Waals surface area (Å²) in [5.74, 6) is -2.81. The van der Waals surface area contributed by atoms with Crippen LogP contribution in [0.4, 0.5) is 9.59 Å². The molecule has 11 heteroatoms. The number of ether oxygens (including phenoxy) is 1. The molecule has 0 rings (SSSR count). The second kappa shape index (κ2) is 8.48. The van der Waals surface area contributed by atoms with Gasteiger partial charge in [0, 0.05) is 11.5 Å². The number of carbonyl (C=O) groups is 4. The zero-order valence-corrected chi connectivity index (χ0v) is 11.2. The number of amides is 2. The monoisotopic (exact) mass is 312 g/mol. The van der Waals surface area contributed by atoms with E-state index in [9.17, 15) is 19.2 Å². The number of rotatable bonds is 6. The number of thiol groups is 2. The molecule has 0 aromatic heterocycles. The van der Waals surface area contributed by atoms with Crippen LogP contribution in [0.2, 0.25) is 0 Å². The molecule has 2 amide bonds. The molecular weight excluding hydrogens is 300 g/mol. The molecule has 0 aromatic carbocycles. The van der Waals surface area contributed by atoms with E-state index in [0.29, 0.717) is 0 Å². The summed E-state index contributed by atoms with van der Waals surface area (Å²) < 4.78 is 4.33. The van der Waals surface area contributed by atoms with E-state index < -0.39 is 36.2 Å². The lowest BCUT2D eigenvalue weighted by Gasteiger charge is -2.16. The standard InChI is InChI=1S/C8H12N2O7S2/c11-5(3(1-18)9-7(13)14)17-6(12)4(2-19)10-8(15)16/h3-4,9-10,18-19H,1-2H2,(H,13,14)(H,15,16)/t3-,4-/m0/s1. The van der Waals surface area contributed by atoms with E-state index in [4.69, 9.17) is 10.2 Å². The Labute approximate surface area is 118 Å². The van der Waals surface area contributed by atoms with Crippen LogP contribution in [-0.4, -0.2) is 57.9 Å². The quantitative estimate of drug-likeness (QED) is 0.214. The van der Waals surface area contributed by atoms with Crippen LogP contribution in [-0.2, 0) is 14.3 Å². The number of carboxylic acid groups (broad SMARTS) is 2. The second-order valence-electron chi connectivity index (χ2n) is 3.11. The Morgan fingerprint density at radius 3 is 1.42 bits per heavy atom. The van der Waals surface area contributed by atoms with E-state index in [0.717, 1.165) is 0 Å². The SMILES string of the molecule is O=C(O)N[C@@H](CS)C(=O)OC(=O)[C@H](CS)NC(=O)O. The van der Waals surface area contributed by atoms with Gasteiger partial charge in [-0.05, 0) is 0 Å². The first-order valence-corrected chi connectivity index (χ1v) is 6.04. The van der Waals surface area contributed by atoms with Gasteiger partial charge in [-0.15, -0.1) is 0 Å². The molecule has 0 aliphatic rings. The third-order valence-electron chi connectivity index (χ3n) is 1.73. The zero-order chi connectivity index (χ0) is 15.0. The minimum atomic E-state index is -1.49. The van der Waals surface area contributed by atoms with Gasteiger partial charge in [0.25, 0.3) is 0 Å². The summed E-state index contributed by atoms with van der Waals surface area (Å²) in [4.78, 5) is 43.5. The van der Waals surface area contributed by atoms with Crippen molar-refractivity contribution in [2.75, 3.05) is 11.5 Å². The first kappa shape index (κ1) is 17.4. The van der Waals surface area contributed by atoms with E-state index in [1.54, 1.807) is 10.6 Å². The summed E-state index contributed by atoms with van der Waals surface area (Å²) in [6, 6.07) is -2.68. The molecule has 108 valence electrons. The molecule has 19 heavy (non-hydrogen) atoms. The molecule has 0 aliphatic carbocycles. The lowest BCUT2D eigenvalue weighted by molar-refractivity contribution is -0.161. The van der Waals surface area contributed by atoms with Gasteiger partial charge in [0.05, 0.1) is 0 Å². The fourth-order valence-corrected chi connectivity index (χ4v) is 1.38. The molecule has 2 atom stereocenters. The number of hydrogen-bond donors (Lipinski definition) is 6. The normalized spacial score (nSPS) is 12.9. The van der Waals surface area contributed by atoms with Gasteiger partial charge >= 0.3 is 24.1 Å². The van der Waals surface area contributed by atoms with Crippen LogP contribution in [0.5, 0.6) is 0 Å². The minimum absolute atomic E-state index is 0.226. The van der Waals surface area contributed by atoms with Crippen LogP contribution in [0.3, 0.4) is 0 Å². The van der Waals surface area contributed by atoms with Crippen molar-refractivity contribution in [2.45, 2.75) is 12.1 Å². The maximum absolute atomic E-state index is 11.4. The van der Waals surface area contributed by atoms with Crippen LogP contribution in [0.25, 0.3) is 0 Å². The zero-order valence-electron chi connectivity index (χ0n) is 9.40. The van der Waals surface area contributed by atoms with Gasteiger partial charge in [0.15, 0.2) is 0 Å². The minimum Gasteiger partial charge on any atom is -0.465 e. The van der Waals surface area contributed by atoms with Gasteiger partial charge in [0.1, 0.15) is 12.1 Å². The summed E-state index contributed by atoms with van der Waals surface area (Å²) >= 11 is 7.44. The Morgan fingerprint density at radius 2 is 1.21 bits per heavy atom. The smallest absolute Gasteiger partial charge is 0.405 e. The topological polar surface area (TPSA) is 142 Å². The largest absolute Gasteiger partial charge is 0.465 e. The molecule has 0 unspecified atom stereocenters. The first-order valence-electron chi connectivity index (χ1n) is 4.78.